The molecule has 3 nitrogen and oxygen atoms in total. The number of hydrogen-bond acceptors (Lipinski definition) is 3. The Labute approximate surface area is 147 Å². The van der Waals surface area contributed by atoms with E-state index in [2.05, 4.69) is 11.8 Å². The minimum atomic E-state index is -1.66. The smallest absolute Gasteiger partial charge is 0.384 e. The lowest BCUT2D eigenvalue weighted by Crippen LogP contribution is -2.39. The number of esters is 1. The van der Waals surface area contributed by atoms with E-state index in [1.165, 1.54) is 0 Å². The van der Waals surface area contributed by atoms with E-state index in [-0.39, 0.29) is 12.8 Å². The highest BCUT2D eigenvalue weighted by Crippen LogP contribution is 2.32. The summed E-state index contributed by atoms with van der Waals surface area (Å²) < 4.78 is 46.0. The summed E-state index contributed by atoms with van der Waals surface area (Å²) in [5.41, 5.74) is 0. The maximum Gasteiger partial charge on any atom is 0.384 e. The van der Waals surface area contributed by atoms with Crippen LogP contribution in [0, 0.1) is 40.9 Å². The summed E-state index contributed by atoms with van der Waals surface area (Å²) in [6.07, 6.45) is -3.85. The molecule has 0 bridgehead atoms. The predicted octanol–water partition coefficient (Wildman–Crippen LogP) is 4.31. The van der Waals surface area contributed by atoms with Gasteiger partial charge in [0.2, 0.25) is 0 Å². The average molecular weight is 357 g/mol. The summed E-state index contributed by atoms with van der Waals surface area (Å²) in [6.45, 7) is 5.98. The lowest BCUT2D eigenvalue weighted by atomic mass is 9.82. The third-order valence-electron chi connectivity index (χ3n) is 4.57. The molecular formula is C19H26F3NO2. The van der Waals surface area contributed by atoms with Gasteiger partial charge in [-0.15, -0.1) is 0 Å². The van der Waals surface area contributed by atoms with Crippen molar-refractivity contribution in [2.45, 2.75) is 77.5 Å². The van der Waals surface area contributed by atoms with Gasteiger partial charge in [0.05, 0.1) is 12.0 Å². The van der Waals surface area contributed by atoms with Crippen LogP contribution >= 0.6 is 0 Å². The van der Waals surface area contributed by atoms with E-state index in [0.29, 0.717) is 18.8 Å². The predicted molar refractivity (Wildman–Crippen MR) is 88.5 cm³/mol. The normalized spacial score (nSPS) is 37.4. The maximum atomic E-state index is 13.8. The fourth-order valence-electron chi connectivity index (χ4n) is 3.18. The van der Waals surface area contributed by atoms with E-state index >= 15 is 0 Å². The highest BCUT2D eigenvalue weighted by atomic mass is 19.1. The Morgan fingerprint density at radius 2 is 1.64 bits per heavy atom. The van der Waals surface area contributed by atoms with Crippen molar-refractivity contribution in [2.75, 3.05) is 0 Å². The second-order valence-electron chi connectivity index (χ2n) is 6.50. The van der Waals surface area contributed by atoms with Crippen LogP contribution in [0.3, 0.4) is 0 Å². The number of nitrogens with zero attached hydrogens (tertiary/aromatic N) is 1. The van der Waals surface area contributed by atoms with Crippen LogP contribution in [0.4, 0.5) is 13.2 Å². The molecule has 0 aromatic carbocycles. The first-order valence-electron chi connectivity index (χ1n) is 8.94. The van der Waals surface area contributed by atoms with Gasteiger partial charge in [-0.2, -0.15) is 5.26 Å². The van der Waals surface area contributed by atoms with Gasteiger partial charge in [0, 0.05) is 18.8 Å². The van der Waals surface area contributed by atoms with Gasteiger partial charge in [-0.3, -0.25) is 0 Å². The Balaban J connectivity index is 0.00000151. The van der Waals surface area contributed by atoms with Crippen molar-refractivity contribution < 1.29 is 22.7 Å². The van der Waals surface area contributed by atoms with Crippen molar-refractivity contribution in [3.05, 3.63) is 0 Å². The topological polar surface area (TPSA) is 50.1 Å². The van der Waals surface area contributed by atoms with Gasteiger partial charge >= 0.3 is 5.97 Å². The van der Waals surface area contributed by atoms with Crippen molar-refractivity contribution >= 4 is 5.97 Å². The zero-order valence-electron chi connectivity index (χ0n) is 15.0. The van der Waals surface area contributed by atoms with Crippen molar-refractivity contribution in [3.8, 4) is 17.9 Å². The summed E-state index contributed by atoms with van der Waals surface area (Å²) in [5.74, 6) is 2.44. The first kappa shape index (κ1) is 21.4. The Morgan fingerprint density at radius 1 is 1.04 bits per heavy atom. The van der Waals surface area contributed by atoms with E-state index in [4.69, 9.17) is 10.00 Å². The minimum absolute atomic E-state index is 0.210. The number of halogens is 3. The molecule has 25 heavy (non-hydrogen) atoms. The third-order valence-corrected chi connectivity index (χ3v) is 4.57. The molecule has 2 rings (SSSR count). The quantitative estimate of drug-likeness (QED) is 0.399. The molecule has 0 aromatic heterocycles. The monoisotopic (exact) mass is 357 g/mol. The fourth-order valence-corrected chi connectivity index (χ4v) is 3.18. The maximum absolute atomic E-state index is 13.8. The molecule has 2 fully saturated rings. The van der Waals surface area contributed by atoms with Gasteiger partial charge in [-0.1, -0.05) is 26.7 Å². The van der Waals surface area contributed by atoms with E-state index < -0.39 is 42.4 Å². The molecule has 2 aliphatic rings. The van der Waals surface area contributed by atoms with Gasteiger partial charge in [-0.25, -0.2) is 18.0 Å². The average Bonchev–Trinajstić information content (AvgIpc) is 2.55. The van der Waals surface area contributed by atoms with Gasteiger partial charge in [-0.05, 0) is 25.2 Å². The molecule has 0 saturated heterocycles. The lowest BCUT2D eigenvalue weighted by Gasteiger charge is -2.30. The molecule has 6 heteroatoms. The van der Waals surface area contributed by atoms with Crippen molar-refractivity contribution in [1.82, 2.24) is 0 Å². The summed E-state index contributed by atoms with van der Waals surface area (Å²) in [5, 5.41) is 8.68. The molecule has 0 amide bonds. The molecular weight excluding hydrogens is 331 g/mol. The molecule has 0 N–H and O–H groups in total. The first-order chi connectivity index (χ1) is 11.9. The Kier molecular flexibility index (Phi) is 8.83. The first-order valence-corrected chi connectivity index (χ1v) is 8.94. The number of carbonyl (C=O) groups excluding carboxylic acids is 1. The highest BCUT2D eigenvalue weighted by molar-refractivity contribution is 5.88. The van der Waals surface area contributed by atoms with Crippen LogP contribution in [0.1, 0.15) is 52.9 Å². The second kappa shape index (κ2) is 10.3. The second-order valence-corrected chi connectivity index (χ2v) is 6.50. The summed E-state index contributed by atoms with van der Waals surface area (Å²) in [7, 11) is 0. The SMILES string of the molecule is CC.CC1CCC(C#CC(=O)OC2CC(F)C(C#N)C(F)C2)C(F)C1. The van der Waals surface area contributed by atoms with Gasteiger partial charge in [0.25, 0.3) is 0 Å². The number of ether oxygens (including phenoxy) is 1. The summed E-state index contributed by atoms with van der Waals surface area (Å²) in [4.78, 5) is 11.7. The van der Waals surface area contributed by atoms with Crippen LogP contribution < -0.4 is 0 Å². The van der Waals surface area contributed by atoms with Gasteiger partial charge < -0.3 is 4.74 Å². The lowest BCUT2D eigenvalue weighted by molar-refractivity contribution is -0.146. The largest absolute Gasteiger partial charge is 0.453 e. The molecule has 0 aromatic rings. The molecule has 0 aliphatic heterocycles. The molecule has 5 atom stereocenters. The fraction of sp³-hybridized carbons (Fsp3) is 0.789. The van der Waals surface area contributed by atoms with Crippen molar-refractivity contribution in [2.24, 2.45) is 17.8 Å². The summed E-state index contributed by atoms with van der Waals surface area (Å²) >= 11 is 0. The van der Waals surface area contributed by atoms with E-state index in [9.17, 15) is 18.0 Å². The van der Waals surface area contributed by atoms with Crippen LogP contribution in [-0.2, 0) is 9.53 Å². The van der Waals surface area contributed by atoms with Crippen molar-refractivity contribution in [1.29, 1.82) is 5.26 Å². The minimum Gasteiger partial charge on any atom is -0.453 e. The van der Waals surface area contributed by atoms with E-state index in [0.717, 1.165) is 6.42 Å². The van der Waals surface area contributed by atoms with Gasteiger partial charge in [0.1, 0.15) is 30.5 Å². The highest BCUT2D eigenvalue weighted by Gasteiger charge is 2.40. The Hall–Kier alpha value is -1.69. The van der Waals surface area contributed by atoms with Crippen LogP contribution in [0.5, 0.6) is 0 Å². The third kappa shape index (κ3) is 6.27. The standard InChI is InChI=1S/C17H20F3NO2.C2H6/c1-10-2-3-11(14(18)6-10)4-5-17(22)23-12-7-15(19)13(9-21)16(20)8-12;1-2/h10-16H,2-3,6-8H2,1H3;1-2H3. The number of carbonyl (C=O) groups is 1. The number of hydrogen-bond donors (Lipinski definition) is 0. The van der Waals surface area contributed by atoms with Crippen LogP contribution in [-0.4, -0.2) is 30.6 Å². The van der Waals surface area contributed by atoms with Crippen LogP contribution in [0.15, 0.2) is 0 Å². The van der Waals surface area contributed by atoms with Gasteiger partial charge in [0.15, 0.2) is 0 Å². The molecule has 140 valence electrons. The molecule has 5 unspecified atom stereocenters. The molecule has 2 aliphatic carbocycles. The number of nitriles is 1. The van der Waals surface area contributed by atoms with Crippen molar-refractivity contribution in [3.63, 3.8) is 0 Å². The summed E-state index contributed by atoms with van der Waals surface area (Å²) in [6, 6.07) is 1.59. The van der Waals surface area contributed by atoms with E-state index in [1.54, 1.807) is 6.07 Å². The molecule has 0 spiro atoms. The zero-order valence-corrected chi connectivity index (χ0v) is 15.0. The van der Waals surface area contributed by atoms with Crippen LogP contribution in [0.2, 0.25) is 0 Å². The van der Waals surface area contributed by atoms with E-state index in [1.807, 2.05) is 20.8 Å². The Morgan fingerprint density at radius 3 is 2.16 bits per heavy atom. The molecule has 0 radical (unpaired) electrons. The number of alkyl halides is 3. The Bertz CT molecular complexity index is 525. The molecule has 0 heterocycles. The number of rotatable bonds is 1. The van der Waals surface area contributed by atoms with Crippen LogP contribution in [0.25, 0.3) is 0 Å². The zero-order chi connectivity index (χ0) is 19.0. The molecule has 2 saturated carbocycles.